The number of hydrogen-bond donors (Lipinski definition) is 0. The molecule has 0 fully saturated rings. The molecule has 0 spiro atoms. The first-order valence-electron chi connectivity index (χ1n) is 19.7. The van der Waals surface area contributed by atoms with E-state index in [4.69, 9.17) is 9.97 Å². The zero-order chi connectivity index (χ0) is 37.6. The minimum atomic E-state index is -0.319. The normalized spacial score (nSPS) is 13.6. The summed E-state index contributed by atoms with van der Waals surface area (Å²) in [5.74, 6) is 0.852. The Morgan fingerprint density at radius 2 is 1.05 bits per heavy atom. The van der Waals surface area contributed by atoms with Crippen molar-refractivity contribution in [3.8, 4) is 28.3 Å². The summed E-state index contributed by atoms with van der Waals surface area (Å²) in [4.78, 5) is 11.7. The molecule has 0 unspecified atom stereocenters. The van der Waals surface area contributed by atoms with Crippen LogP contribution in [0.5, 0.6) is 0 Å². The predicted octanol–water partition coefficient (Wildman–Crippen LogP) is 14.5. The largest absolute Gasteiger partial charge is 0.291 e. The number of aromatic nitrogens is 3. The maximum atomic E-state index is 5.88. The highest BCUT2D eigenvalue weighted by atomic mass is 32.1. The fourth-order valence-corrected chi connectivity index (χ4v) is 11.3. The summed E-state index contributed by atoms with van der Waals surface area (Å²) >= 11 is 1.84. The first-order chi connectivity index (χ1) is 28.1. The van der Waals surface area contributed by atoms with Crippen molar-refractivity contribution < 1.29 is 0 Å². The molecule has 4 heteroatoms. The van der Waals surface area contributed by atoms with Crippen LogP contribution in [0.3, 0.4) is 0 Å². The summed E-state index contributed by atoms with van der Waals surface area (Å²) in [5, 5.41) is 14.9. The summed E-state index contributed by atoms with van der Waals surface area (Å²) < 4.78 is 4.98. The van der Waals surface area contributed by atoms with E-state index < -0.39 is 0 Å². The van der Waals surface area contributed by atoms with Crippen molar-refractivity contribution >= 4 is 96.4 Å². The van der Waals surface area contributed by atoms with E-state index in [9.17, 15) is 0 Å². The van der Waals surface area contributed by atoms with Crippen LogP contribution in [0.4, 0.5) is 0 Å². The molecule has 0 amide bonds. The van der Waals surface area contributed by atoms with Gasteiger partial charge in [-0.25, -0.2) is 9.97 Å². The molecule has 0 bridgehead atoms. The maximum Gasteiger partial charge on any atom is 0.165 e. The van der Waals surface area contributed by atoms with Gasteiger partial charge in [-0.1, -0.05) is 159 Å². The lowest BCUT2D eigenvalue weighted by atomic mass is 9.85. The van der Waals surface area contributed by atoms with E-state index in [1.54, 1.807) is 0 Å². The van der Waals surface area contributed by atoms with Crippen molar-refractivity contribution in [3.63, 3.8) is 0 Å². The number of benzene rings is 9. The predicted molar refractivity (Wildman–Crippen MR) is 242 cm³/mol. The summed E-state index contributed by atoms with van der Waals surface area (Å²) in [6.07, 6.45) is 0. The lowest BCUT2D eigenvalue weighted by Crippen LogP contribution is -2.18. The molecule has 1 aliphatic rings. The minimum absolute atomic E-state index is 0.319. The molecule has 266 valence electrons. The Morgan fingerprint density at radius 1 is 0.439 bits per heavy atom. The molecule has 57 heavy (non-hydrogen) atoms. The highest BCUT2D eigenvalue weighted by Crippen LogP contribution is 2.51. The first kappa shape index (κ1) is 31.3. The molecule has 0 radical (unpaired) electrons. The van der Waals surface area contributed by atoms with Gasteiger partial charge in [0.2, 0.25) is 0 Å². The van der Waals surface area contributed by atoms with E-state index >= 15 is 0 Å². The Balaban J connectivity index is 1.28. The van der Waals surface area contributed by atoms with E-state index in [-0.39, 0.29) is 5.41 Å². The molecule has 0 saturated heterocycles. The third-order valence-electron chi connectivity index (χ3n) is 12.7. The molecule has 0 atom stereocenters. The number of rotatable bonds is 2. The van der Waals surface area contributed by atoms with Gasteiger partial charge in [0, 0.05) is 58.3 Å². The molecule has 0 aliphatic heterocycles. The number of hydrogen-bond acceptors (Lipinski definition) is 3. The molecule has 12 aromatic rings. The van der Waals surface area contributed by atoms with Crippen LogP contribution < -0.4 is 0 Å². The Labute approximate surface area is 332 Å². The lowest BCUT2D eigenvalue weighted by molar-refractivity contribution is 0.635. The molecule has 1 aliphatic carbocycles. The van der Waals surface area contributed by atoms with Gasteiger partial charge in [0.25, 0.3) is 0 Å². The summed E-state index contributed by atoms with van der Waals surface area (Å²) in [7, 11) is 0. The third-order valence-corrected chi connectivity index (χ3v) is 13.9. The fourth-order valence-electron chi connectivity index (χ4n) is 10.2. The average molecular weight is 744 g/mol. The maximum absolute atomic E-state index is 5.88. The van der Waals surface area contributed by atoms with Crippen LogP contribution in [0.1, 0.15) is 25.1 Å². The van der Waals surface area contributed by atoms with Gasteiger partial charge in [0.1, 0.15) is 5.69 Å². The monoisotopic (exact) mass is 743 g/mol. The quantitative estimate of drug-likeness (QED) is 0.165. The molecule has 3 aromatic heterocycles. The third kappa shape index (κ3) is 4.05. The number of thiophene rings is 1. The second-order valence-corrected chi connectivity index (χ2v) is 17.1. The van der Waals surface area contributed by atoms with E-state index in [1.807, 2.05) is 11.3 Å². The highest BCUT2D eigenvalue weighted by Gasteiger charge is 2.40. The molecule has 0 N–H and O–H groups in total. The van der Waals surface area contributed by atoms with Crippen LogP contribution in [0.15, 0.2) is 164 Å². The Kier molecular flexibility index (Phi) is 6.12. The lowest BCUT2D eigenvalue weighted by Gasteiger charge is -2.22. The smallest absolute Gasteiger partial charge is 0.165 e. The van der Waals surface area contributed by atoms with Crippen LogP contribution in [0.25, 0.3) is 113 Å². The van der Waals surface area contributed by atoms with Crippen LogP contribution in [-0.2, 0) is 5.41 Å². The molecule has 3 heterocycles. The average Bonchev–Trinajstić information content (AvgIpc) is 3.89. The van der Waals surface area contributed by atoms with Crippen molar-refractivity contribution in [2.75, 3.05) is 0 Å². The molecule has 3 nitrogen and oxygen atoms in total. The van der Waals surface area contributed by atoms with Crippen molar-refractivity contribution in [3.05, 3.63) is 175 Å². The number of nitrogens with zero attached hydrogens (tertiary/aromatic N) is 3. The zero-order valence-electron chi connectivity index (χ0n) is 31.3. The SMILES string of the molecule is CC1(C)c2ccccc2-c2nc(-n3c4ccc5c6ccccc6c6ccccc6c5c4c4ccc5ccccc5c43)c(-c3cccc4sc5ccccc5c34)nc21. The van der Waals surface area contributed by atoms with Gasteiger partial charge >= 0.3 is 0 Å². The fraction of sp³-hybridized carbons (Fsp3) is 0.0566. The van der Waals surface area contributed by atoms with Gasteiger partial charge in [0.05, 0.1) is 22.4 Å². The van der Waals surface area contributed by atoms with Crippen LogP contribution >= 0.6 is 11.3 Å². The van der Waals surface area contributed by atoms with Crippen LogP contribution in [0.2, 0.25) is 0 Å². The van der Waals surface area contributed by atoms with Crippen molar-refractivity contribution in [1.29, 1.82) is 0 Å². The van der Waals surface area contributed by atoms with Crippen molar-refractivity contribution in [1.82, 2.24) is 14.5 Å². The Bertz CT molecular complexity index is 3700. The molecule has 0 saturated carbocycles. The molecular weight excluding hydrogens is 711 g/mol. The van der Waals surface area contributed by atoms with Crippen LogP contribution in [-0.4, -0.2) is 14.5 Å². The van der Waals surface area contributed by atoms with Gasteiger partial charge in [-0.15, -0.1) is 11.3 Å². The topological polar surface area (TPSA) is 30.7 Å². The van der Waals surface area contributed by atoms with Gasteiger partial charge < -0.3 is 0 Å². The van der Waals surface area contributed by atoms with Gasteiger partial charge in [-0.05, 0) is 56.1 Å². The molecular formula is C53H33N3S. The Morgan fingerprint density at radius 3 is 1.88 bits per heavy atom. The second kappa shape index (κ2) is 11.1. The van der Waals surface area contributed by atoms with Gasteiger partial charge in [-0.2, -0.15) is 0 Å². The van der Waals surface area contributed by atoms with Crippen molar-refractivity contribution in [2.45, 2.75) is 19.3 Å². The van der Waals surface area contributed by atoms with E-state index in [2.05, 4.69) is 182 Å². The molecule has 9 aromatic carbocycles. The zero-order valence-corrected chi connectivity index (χ0v) is 32.2. The van der Waals surface area contributed by atoms with Gasteiger partial charge in [-0.3, -0.25) is 4.57 Å². The summed E-state index contributed by atoms with van der Waals surface area (Å²) in [6, 6.07) is 60.1. The first-order valence-corrected chi connectivity index (χ1v) is 20.5. The van der Waals surface area contributed by atoms with E-state index in [1.165, 1.54) is 79.6 Å². The minimum Gasteiger partial charge on any atom is -0.291 e. The molecule has 13 rings (SSSR count). The second-order valence-electron chi connectivity index (χ2n) is 16.0. The summed E-state index contributed by atoms with van der Waals surface area (Å²) in [6.45, 7) is 4.60. The highest BCUT2D eigenvalue weighted by molar-refractivity contribution is 7.25. The Hall–Kier alpha value is -6.88. The summed E-state index contributed by atoms with van der Waals surface area (Å²) in [5.41, 5.74) is 8.37. The number of fused-ring (bicyclic) bond motifs is 18. The van der Waals surface area contributed by atoms with E-state index in [0.717, 1.165) is 45.1 Å². The van der Waals surface area contributed by atoms with Gasteiger partial charge in [0.15, 0.2) is 5.82 Å². The van der Waals surface area contributed by atoms with Crippen LogP contribution in [0, 0.1) is 0 Å². The van der Waals surface area contributed by atoms with E-state index in [0.29, 0.717) is 0 Å². The van der Waals surface area contributed by atoms with Crippen molar-refractivity contribution in [2.24, 2.45) is 0 Å². The standard InChI is InChI=1S/C53H33N3S/c1-53(2)41-23-11-9-20-37(41)48-51(53)54-49(39-22-13-25-44-45(39)38-21-10-12-24-43(38)57-44)52(55-48)56-42-29-28-36-34-18-6-5-16-32(34)33-17-7-8-19-35(33)46(36)47(42)40-27-26-30-14-3-4-15-31(30)50(40)56/h3-29H,1-2H3.